The van der Waals surface area contributed by atoms with Gasteiger partial charge in [-0.15, -0.1) is 0 Å². The van der Waals surface area contributed by atoms with Gasteiger partial charge in [-0.3, -0.25) is 4.79 Å². The van der Waals surface area contributed by atoms with Crippen molar-refractivity contribution in [3.8, 4) is 0 Å². The Kier molecular flexibility index (Phi) is 3.85. The first-order valence-electron chi connectivity index (χ1n) is 8.09. The summed E-state index contributed by atoms with van der Waals surface area (Å²) in [4.78, 5) is 30.0. The van der Waals surface area contributed by atoms with Gasteiger partial charge >= 0.3 is 5.97 Å². The number of ether oxygens (including phenoxy) is 1. The predicted molar refractivity (Wildman–Crippen MR) is 92.1 cm³/mol. The van der Waals surface area contributed by atoms with Crippen LogP contribution in [0.4, 0.5) is 11.8 Å². The lowest BCUT2D eigenvalue weighted by Gasteiger charge is -2.25. The van der Waals surface area contributed by atoms with E-state index in [1.165, 1.54) is 6.92 Å². The van der Waals surface area contributed by atoms with Crippen LogP contribution in [0.15, 0.2) is 6.33 Å². The minimum Gasteiger partial charge on any atom is -0.458 e. The quantitative estimate of drug-likeness (QED) is 0.831. The van der Waals surface area contributed by atoms with Crippen LogP contribution in [-0.2, 0) is 9.53 Å². The number of hydrogen-bond acceptors (Lipinski definition) is 7. The van der Waals surface area contributed by atoms with Gasteiger partial charge in [0, 0.05) is 25.4 Å². The smallest absolute Gasteiger partial charge is 0.303 e. The molecule has 0 aromatic carbocycles. The van der Waals surface area contributed by atoms with E-state index < -0.39 is 5.60 Å². The van der Waals surface area contributed by atoms with E-state index in [-0.39, 0.29) is 11.5 Å². The molecular weight excluding hydrogens is 308 g/mol. The molecule has 1 unspecified atom stereocenters. The highest BCUT2D eigenvalue weighted by Crippen LogP contribution is 2.32. The van der Waals surface area contributed by atoms with Crippen LogP contribution >= 0.6 is 0 Å². The van der Waals surface area contributed by atoms with Crippen molar-refractivity contribution in [2.75, 3.05) is 23.3 Å². The lowest BCUT2D eigenvalue weighted by molar-refractivity contribution is -0.153. The van der Waals surface area contributed by atoms with Crippen molar-refractivity contribution in [2.45, 2.75) is 52.2 Å². The number of fused-ring (bicyclic) bond motifs is 1. The molecule has 1 aliphatic heterocycles. The summed E-state index contributed by atoms with van der Waals surface area (Å²) >= 11 is 0. The fourth-order valence-corrected chi connectivity index (χ4v) is 2.98. The summed E-state index contributed by atoms with van der Waals surface area (Å²) in [6, 6.07) is 0. The van der Waals surface area contributed by atoms with Crippen molar-refractivity contribution in [1.29, 1.82) is 0 Å². The Bertz CT molecular complexity index is 766. The van der Waals surface area contributed by atoms with Crippen LogP contribution in [0.5, 0.6) is 0 Å². The Morgan fingerprint density at radius 1 is 1.42 bits per heavy atom. The molecule has 130 valence electrons. The number of aromatic amines is 1. The lowest BCUT2D eigenvalue weighted by Crippen LogP contribution is -2.35. The molecule has 0 spiro atoms. The summed E-state index contributed by atoms with van der Waals surface area (Å²) in [5.41, 5.74) is 0.758. The van der Waals surface area contributed by atoms with Crippen molar-refractivity contribution in [3.63, 3.8) is 0 Å². The number of esters is 1. The zero-order valence-electron chi connectivity index (χ0n) is 14.8. The zero-order chi connectivity index (χ0) is 17.5. The van der Waals surface area contributed by atoms with E-state index in [1.807, 2.05) is 6.92 Å². The maximum atomic E-state index is 11.3. The second-order valence-electron chi connectivity index (χ2n) is 7.56. The minimum atomic E-state index is -0.503. The fraction of sp³-hybridized carbons (Fsp3) is 0.625. The standard InChI is InChI=1S/C16H24N6O2/c1-10(23)24-16(5)6-7-22(8-16)13-11-12(18-9-17-11)19-14(20-13)21-15(2,3)4/h9H,6-8H2,1-5H3,(H2,17,18,19,20,21). The number of nitrogens with zero attached hydrogens (tertiary/aromatic N) is 4. The summed E-state index contributed by atoms with van der Waals surface area (Å²) in [5, 5.41) is 3.30. The molecule has 1 fully saturated rings. The van der Waals surface area contributed by atoms with Gasteiger partial charge in [0.15, 0.2) is 17.0 Å². The van der Waals surface area contributed by atoms with Crippen LogP contribution in [0.3, 0.4) is 0 Å². The maximum Gasteiger partial charge on any atom is 0.303 e. The van der Waals surface area contributed by atoms with E-state index in [2.05, 4.69) is 50.9 Å². The summed E-state index contributed by atoms with van der Waals surface area (Å²) in [6.45, 7) is 10.9. The molecular formula is C16H24N6O2. The van der Waals surface area contributed by atoms with Crippen molar-refractivity contribution in [2.24, 2.45) is 0 Å². The first-order valence-corrected chi connectivity index (χ1v) is 8.09. The number of H-pyrrole nitrogens is 1. The largest absolute Gasteiger partial charge is 0.458 e. The monoisotopic (exact) mass is 332 g/mol. The Hall–Kier alpha value is -2.38. The number of carbonyl (C=O) groups excluding carboxylic acids is 1. The molecule has 2 aromatic heterocycles. The maximum absolute atomic E-state index is 11.3. The average molecular weight is 332 g/mol. The topological polar surface area (TPSA) is 96.0 Å². The fourth-order valence-electron chi connectivity index (χ4n) is 2.98. The van der Waals surface area contributed by atoms with Crippen molar-refractivity contribution < 1.29 is 9.53 Å². The molecule has 2 N–H and O–H groups in total. The number of rotatable bonds is 3. The van der Waals surface area contributed by atoms with Crippen LogP contribution in [0.2, 0.25) is 0 Å². The SMILES string of the molecule is CC(=O)OC1(C)CCN(c2nc(NC(C)(C)C)nc3[nH]cnc23)C1. The molecule has 0 aliphatic carbocycles. The number of aromatic nitrogens is 4. The third-order valence-electron chi connectivity index (χ3n) is 3.87. The Morgan fingerprint density at radius 3 is 2.83 bits per heavy atom. The third kappa shape index (κ3) is 3.42. The van der Waals surface area contributed by atoms with Crippen LogP contribution in [0.25, 0.3) is 11.2 Å². The lowest BCUT2D eigenvalue weighted by atomic mass is 10.1. The van der Waals surface area contributed by atoms with Gasteiger partial charge in [-0.2, -0.15) is 9.97 Å². The first kappa shape index (κ1) is 16.5. The molecule has 8 nitrogen and oxygen atoms in total. The van der Waals surface area contributed by atoms with Crippen LogP contribution in [0, 0.1) is 0 Å². The minimum absolute atomic E-state index is 0.151. The van der Waals surface area contributed by atoms with E-state index in [1.54, 1.807) is 6.33 Å². The van der Waals surface area contributed by atoms with E-state index >= 15 is 0 Å². The van der Waals surface area contributed by atoms with Crippen molar-refractivity contribution >= 4 is 28.9 Å². The number of hydrogen-bond donors (Lipinski definition) is 2. The molecule has 0 amide bonds. The van der Waals surface area contributed by atoms with Crippen LogP contribution < -0.4 is 10.2 Å². The molecule has 3 rings (SSSR count). The van der Waals surface area contributed by atoms with E-state index in [9.17, 15) is 4.79 Å². The van der Waals surface area contributed by atoms with Gasteiger partial charge in [0.2, 0.25) is 5.95 Å². The van der Waals surface area contributed by atoms with Gasteiger partial charge in [0.1, 0.15) is 5.60 Å². The zero-order valence-corrected chi connectivity index (χ0v) is 14.8. The second-order valence-corrected chi connectivity index (χ2v) is 7.56. The molecule has 0 radical (unpaired) electrons. The molecule has 1 aliphatic rings. The molecule has 2 aromatic rings. The summed E-state index contributed by atoms with van der Waals surface area (Å²) < 4.78 is 5.49. The van der Waals surface area contributed by atoms with Gasteiger partial charge < -0.3 is 19.9 Å². The van der Waals surface area contributed by atoms with Gasteiger partial charge in [-0.05, 0) is 27.7 Å². The molecule has 0 saturated carbocycles. The normalized spacial score (nSPS) is 21.3. The summed E-state index contributed by atoms with van der Waals surface area (Å²) in [5.74, 6) is 1.04. The van der Waals surface area contributed by atoms with Crippen molar-refractivity contribution in [1.82, 2.24) is 19.9 Å². The second kappa shape index (κ2) is 5.61. The Morgan fingerprint density at radius 2 is 2.17 bits per heavy atom. The highest BCUT2D eigenvalue weighted by molar-refractivity contribution is 5.84. The first-order chi connectivity index (χ1) is 11.2. The Labute approximate surface area is 141 Å². The van der Waals surface area contributed by atoms with Gasteiger partial charge in [0.25, 0.3) is 0 Å². The van der Waals surface area contributed by atoms with Crippen molar-refractivity contribution in [3.05, 3.63) is 6.33 Å². The molecule has 24 heavy (non-hydrogen) atoms. The van der Waals surface area contributed by atoms with Gasteiger partial charge in [0.05, 0.1) is 12.9 Å². The molecule has 3 heterocycles. The van der Waals surface area contributed by atoms with E-state index in [0.717, 1.165) is 24.3 Å². The highest BCUT2D eigenvalue weighted by Gasteiger charge is 2.38. The Balaban J connectivity index is 1.94. The van der Waals surface area contributed by atoms with Gasteiger partial charge in [-0.25, -0.2) is 4.98 Å². The van der Waals surface area contributed by atoms with Crippen LogP contribution in [-0.4, -0.2) is 50.1 Å². The molecule has 1 saturated heterocycles. The molecule has 8 heteroatoms. The predicted octanol–water partition coefficient (Wildman–Crippen LogP) is 2.10. The number of nitrogens with one attached hydrogen (secondary N) is 2. The molecule has 0 bridgehead atoms. The highest BCUT2D eigenvalue weighted by atomic mass is 16.6. The van der Waals surface area contributed by atoms with E-state index in [4.69, 9.17) is 4.74 Å². The number of anilines is 2. The molecule has 1 atom stereocenters. The average Bonchev–Trinajstić information content (AvgIpc) is 3.01. The number of imidazole rings is 1. The van der Waals surface area contributed by atoms with E-state index in [0.29, 0.717) is 18.1 Å². The van der Waals surface area contributed by atoms with Gasteiger partial charge in [-0.1, -0.05) is 0 Å². The van der Waals surface area contributed by atoms with Crippen LogP contribution in [0.1, 0.15) is 41.0 Å². The number of carbonyl (C=O) groups is 1. The summed E-state index contributed by atoms with van der Waals surface area (Å²) in [6.07, 6.45) is 2.37. The summed E-state index contributed by atoms with van der Waals surface area (Å²) in [7, 11) is 0. The third-order valence-corrected chi connectivity index (χ3v) is 3.87.